The summed E-state index contributed by atoms with van der Waals surface area (Å²) < 4.78 is 0. The molecule has 5 heterocycles. The van der Waals surface area contributed by atoms with Crippen LogP contribution < -0.4 is 0 Å². The summed E-state index contributed by atoms with van der Waals surface area (Å²) in [5, 5.41) is 12.6. The minimum absolute atomic E-state index is 0.771. The van der Waals surface area contributed by atoms with Crippen molar-refractivity contribution >= 4 is 21.8 Å². The molecule has 0 fully saturated rings. The number of aromatic nitrogens is 7. The predicted octanol–water partition coefficient (Wildman–Crippen LogP) is 9.49. The summed E-state index contributed by atoms with van der Waals surface area (Å²) in [4.78, 5) is 19.3. The Hall–Kier alpha value is -6.86. The van der Waals surface area contributed by atoms with Gasteiger partial charge in [0, 0.05) is 77.4 Å². The molecule has 0 aliphatic heterocycles. The van der Waals surface area contributed by atoms with Crippen LogP contribution in [0.25, 0.3) is 83.1 Å². The predicted molar refractivity (Wildman–Crippen MR) is 195 cm³/mol. The number of pyridine rings is 4. The zero-order valence-electron chi connectivity index (χ0n) is 26.2. The lowest BCUT2D eigenvalue weighted by Gasteiger charge is -2.10. The van der Waals surface area contributed by atoms with Crippen molar-refractivity contribution in [2.75, 3.05) is 0 Å². The van der Waals surface area contributed by atoms with E-state index in [0.29, 0.717) is 0 Å². The molecule has 0 aliphatic carbocycles. The summed E-state index contributed by atoms with van der Waals surface area (Å²) in [6, 6.07) is 39.8. The topological polar surface area (TPSA) is 82.3 Å². The molecular formula is C42H27N7. The highest BCUT2D eigenvalue weighted by molar-refractivity contribution is 5.96. The summed E-state index contributed by atoms with van der Waals surface area (Å²) in [7, 11) is 0. The summed E-state index contributed by atoms with van der Waals surface area (Å²) in [5.41, 5.74) is 12.6. The highest BCUT2D eigenvalue weighted by Gasteiger charge is 2.16. The molecule has 49 heavy (non-hydrogen) atoms. The van der Waals surface area contributed by atoms with E-state index in [2.05, 4.69) is 105 Å². The van der Waals surface area contributed by atoms with Crippen LogP contribution in [0, 0.1) is 0 Å². The first kappa shape index (κ1) is 28.4. The Morgan fingerprint density at radius 2 is 1.00 bits per heavy atom. The van der Waals surface area contributed by atoms with Crippen LogP contribution in [0.3, 0.4) is 0 Å². The fourth-order valence-corrected chi connectivity index (χ4v) is 6.29. The average Bonchev–Trinajstić information content (AvgIpc) is 3.63. The SMILES string of the molecule is c1cc(-c2ccc3ccccc3c2)cc(-n2nc3cc(-c4cncc(-c5ccncc5)c4)cc(-c4cncc(-c5ccncc5)c4)c3n2)c1. The van der Waals surface area contributed by atoms with E-state index in [0.717, 1.165) is 72.4 Å². The van der Waals surface area contributed by atoms with E-state index in [4.69, 9.17) is 10.2 Å². The molecule has 5 aromatic heterocycles. The van der Waals surface area contributed by atoms with Crippen LogP contribution >= 0.6 is 0 Å². The Labute approximate surface area is 282 Å². The maximum atomic E-state index is 5.09. The smallest absolute Gasteiger partial charge is 0.121 e. The van der Waals surface area contributed by atoms with Crippen molar-refractivity contribution < 1.29 is 0 Å². The van der Waals surface area contributed by atoms with Gasteiger partial charge < -0.3 is 0 Å². The Morgan fingerprint density at radius 1 is 0.367 bits per heavy atom. The quantitative estimate of drug-likeness (QED) is 0.182. The van der Waals surface area contributed by atoms with E-state index in [1.807, 2.05) is 55.1 Å². The molecule has 9 rings (SSSR count). The maximum absolute atomic E-state index is 5.09. The van der Waals surface area contributed by atoms with E-state index < -0.39 is 0 Å². The molecule has 230 valence electrons. The van der Waals surface area contributed by atoms with E-state index in [9.17, 15) is 0 Å². The third-order valence-electron chi connectivity index (χ3n) is 8.80. The molecule has 0 spiro atoms. The van der Waals surface area contributed by atoms with E-state index >= 15 is 0 Å². The van der Waals surface area contributed by atoms with Crippen LogP contribution in [-0.2, 0) is 0 Å². The van der Waals surface area contributed by atoms with Gasteiger partial charge in [0.1, 0.15) is 11.0 Å². The monoisotopic (exact) mass is 629 g/mol. The third kappa shape index (κ3) is 5.49. The second kappa shape index (κ2) is 12.1. The third-order valence-corrected chi connectivity index (χ3v) is 8.80. The minimum Gasteiger partial charge on any atom is -0.265 e. The second-order valence-electron chi connectivity index (χ2n) is 11.9. The minimum atomic E-state index is 0.771. The van der Waals surface area contributed by atoms with Crippen molar-refractivity contribution in [2.45, 2.75) is 0 Å². The van der Waals surface area contributed by atoms with Crippen LogP contribution in [0.1, 0.15) is 0 Å². The molecule has 4 aromatic carbocycles. The van der Waals surface area contributed by atoms with Gasteiger partial charge in [-0.25, -0.2) is 0 Å². The second-order valence-corrected chi connectivity index (χ2v) is 11.9. The van der Waals surface area contributed by atoms with Gasteiger partial charge in [0.15, 0.2) is 0 Å². The molecule has 0 aliphatic rings. The first-order chi connectivity index (χ1) is 24.2. The number of benzene rings is 4. The summed E-state index contributed by atoms with van der Waals surface area (Å²) >= 11 is 0. The first-order valence-electron chi connectivity index (χ1n) is 16.0. The molecule has 0 bridgehead atoms. The molecule has 0 N–H and O–H groups in total. The highest BCUT2D eigenvalue weighted by atomic mass is 15.5. The molecule has 9 aromatic rings. The van der Waals surface area contributed by atoms with Gasteiger partial charge in [-0.2, -0.15) is 4.80 Å². The zero-order chi connectivity index (χ0) is 32.6. The highest BCUT2D eigenvalue weighted by Crippen LogP contribution is 2.36. The van der Waals surface area contributed by atoms with Crippen LogP contribution in [-0.4, -0.2) is 34.9 Å². The van der Waals surface area contributed by atoms with Crippen LogP contribution in [0.4, 0.5) is 0 Å². The van der Waals surface area contributed by atoms with E-state index in [1.165, 1.54) is 10.8 Å². The summed E-state index contributed by atoms with van der Waals surface area (Å²) in [5.74, 6) is 0. The van der Waals surface area contributed by atoms with Crippen LogP contribution in [0.2, 0.25) is 0 Å². The number of fused-ring (bicyclic) bond motifs is 2. The lowest BCUT2D eigenvalue weighted by atomic mass is 9.96. The van der Waals surface area contributed by atoms with Gasteiger partial charge in [0.05, 0.1) is 5.69 Å². The summed E-state index contributed by atoms with van der Waals surface area (Å²) in [6.45, 7) is 0. The molecule has 0 amide bonds. The van der Waals surface area contributed by atoms with E-state index in [1.54, 1.807) is 29.6 Å². The van der Waals surface area contributed by atoms with Crippen molar-refractivity contribution in [3.05, 3.63) is 165 Å². The van der Waals surface area contributed by atoms with Gasteiger partial charge in [-0.15, -0.1) is 10.2 Å². The molecule has 0 unspecified atom stereocenters. The molecule has 0 saturated heterocycles. The number of hydrogen-bond donors (Lipinski definition) is 0. The van der Waals surface area contributed by atoms with Crippen LogP contribution in [0.15, 0.2) is 165 Å². The Kier molecular flexibility index (Phi) is 6.98. The molecule has 7 heteroatoms. The van der Waals surface area contributed by atoms with Gasteiger partial charge >= 0.3 is 0 Å². The Bertz CT molecular complexity index is 2610. The van der Waals surface area contributed by atoms with Gasteiger partial charge in [0.25, 0.3) is 0 Å². The van der Waals surface area contributed by atoms with Crippen molar-refractivity contribution in [2.24, 2.45) is 0 Å². The molecule has 0 saturated carbocycles. The lowest BCUT2D eigenvalue weighted by molar-refractivity contribution is 0.766. The van der Waals surface area contributed by atoms with Gasteiger partial charge in [-0.05, 0) is 105 Å². The zero-order valence-corrected chi connectivity index (χ0v) is 26.2. The fraction of sp³-hybridized carbons (Fsp3) is 0. The molecule has 7 nitrogen and oxygen atoms in total. The summed E-state index contributed by atoms with van der Waals surface area (Å²) in [6.07, 6.45) is 14.7. The molecule has 0 atom stereocenters. The lowest BCUT2D eigenvalue weighted by Crippen LogP contribution is -1.98. The van der Waals surface area contributed by atoms with Crippen molar-refractivity contribution in [1.82, 2.24) is 34.9 Å². The Morgan fingerprint density at radius 3 is 1.73 bits per heavy atom. The fourth-order valence-electron chi connectivity index (χ4n) is 6.29. The van der Waals surface area contributed by atoms with Crippen LogP contribution in [0.5, 0.6) is 0 Å². The number of nitrogens with zero attached hydrogens (tertiary/aromatic N) is 7. The van der Waals surface area contributed by atoms with Gasteiger partial charge in [0.2, 0.25) is 0 Å². The maximum Gasteiger partial charge on any atom is 0.121 e. The molecule has 0 radical (unpaired) electrons. The normalized spacial score (nSPS) is 11.3. The molecular weight excluding hydrogens is 603 g/mol. The van der Waals surface area contributed by atoms with Crippen molar-refractivity contribution in [3.63, 3.8) is 0 Å². The average molecular weight is 630 g/mol. The number of hydrogen-bond acceptors (Lipinski definition) is 6. The largest absolute Gasteiger partial charge is 0.265 e. The van der Waals surface area contributed by atoms with Gasteiger partial charge in [-0.1, -0.05) is 48.5 Å². The standard InChI is InChI=1S/C42H27N7/c1-2-5-31-18-33(9-8-28(31)4-1)32-6-3-7-39(21-32)49-47-41-23-34(37-19-35(24-45-26-37)29-10-14-43-15-11-29)22-40(42(41)48-49)38-20-36(25-46-27-38)30-12-16-44-17-13-30/h1-27H. The first-order valence-corrected chi connectivity index (χ1v) is 16.0. The van der Waals surface area contributed by atoms with Gasteiger partial charge in [-0.3, -0.25) is 19.9 Å². The van der Waals surface area contributed by atoms with Crippen molar-refractivity contribution in [3.8, 4) is 61.3 Å². The number of rotatable bonds is 6. The van der Waals surface area contributed by atoms with E-state index in [-0.39, 0.29) is 0 Å². The van der Waals surface area contributed by atoms with Crippen molar-refractivity contribution in [1.29, 1.82) is 0 Å². The Balaban J connectivity index is 1.19.